The zero-order valence-electron chi connectivity index (χ0n) is 12.2. The Labute approximate surface area is 138 Å². The van der Waals surface area contributed by atoms with E-state index in [1.54, 1.807) is 30.3 Å². The van der Waals surface area contributed by atoms with Gasteiger partial charge in [-0.2, -0.15) is 0 Å². The molecule has 0 radical (unpaired) electrons. The Morgan fingerprint density at radius 1 is 1.17 bits per heavy atom. The number of ether oxygens (including phenoxy) is 1. The highest BCUT2D eigenvalue weighted by Gasteiger charge is 2.52. The summed E-state index contributed by atoms with van der Waals surface area (Å²) in [6, 6.07) is 13.4. The maximum atomic E-state index is 12.4. The van der Waals surface area contributed by atoms with Crippen molar-refractivity contribution in [2.24, 2.45) is 0 Å². The van der Waals surface area contributed by atoms with Crippen LogP contribution in [0.15, 0.2) is 48.5 Å². The first kappa shape index (κ1) is 15.5. The van der Waals surface area contributed by atoms with Crippen molar-refractivity contribution in [3.05, 3.63) is 74.8 Å². The van der Waals surface area contributed by atoms with Gasteiger partial charge in [-0.25, -0.2) is 0 Å². The summed E-state index contributed by atoms with van der Waals surface area (Å²) in [5, 5.41) is 11.6. The standard InChI is InChI=1S/C17H14ClNO4/c18-14-7-5-13(6-8-14)17(9-10-17)16(20)23-11-12-3-1-2-4-15(12)19(21)22/h1-8H,9-11H2. The molecule has 1 aliphatic carbocycles. The number of para-hydroxylation sites is 1. The molecule has 1 fully saturated rings. The molecule has 3 rings (SSSR count). The summed E-state index contributed by atoms with van der Waals surface area (Å²) in [5.74, 6) is -0.349. The van der Waals surface area contributed by atoms with Gasteiger partial charge in [-0.3, -0.25) is 14.9 Å². The van der Waals surface area contributed by atoms with E-state index in [4.69, 9.17) is 16.3 Å². The van der Waals surface area contributed by atoms with Crippen LogP contribution in [0.25, 0.3) is 0 Å². The minimum Gasteiger partial charge on any atom is -0.460 e. The molecule has 0 bridgehead atoms. The van der Waals surface area contributed by atoms with Crippen LogP contribution in [0.2, 0.25) is 5.02 Å². The van der Waals surface area contributed by atoms with Crippen LogP contribution >= 0.6 is 11.6 Å². The Kier molecular flexibility index (Phi) is 4.05. The van der Waals surface area contributed by atoms with E-state index in [0.29, 0.717) is 23.4 Å². The highest BCUT2D eigenvalue weighted by atomic mass is 35.5. The van der Waals surface area contributed by atoms with Gasteiger partial charge in [-0.05, 0) is 36.6 Å². The molecular formula is C17H14ClNO4. The lowest BCUT2D eigenvalue weighted by molar-refractivity contribution is -0.385. The first-order chi connectivity index (χ1) is 11.0. The molecule has 0 aliphatic heterocycles. The van der Waals surface area contributed by atoms with Crippen LogP contribution in [0, 0.1) is 10.1 Å². The second-order valence-corrected chi connectivity index (χ2v) is 5.99. The van der Waals surface area contributed by atoms with Gasteiger partial charge in [0.1, 0.15) is 6.61 Å². The number of benzene rings is 2. The third kappa shape index (κ3) is 3.05. The van der Waals surface area contributed by atoms with Crippen LogP contribution in [0.5, 0.6) is 0 Å². The van der Waals surface area contributed by atoms with Gasteiger partial charge in [0.15, 0.2) is 0 Å². The van der Waals surface area contributed by atoms with Gasteiger partial charge in [0.05, 0.1) is 15.9 Å². The van der Waals surface area contributed by atoms with Crippen molar-refractivity contribution >= 4 is 23.3 Å². The molecule has 118 valence electrons. The molecule has 2 aromatic carbocycles. The lowest BCUT2D eigenvalue weighted by Gasteiger charge is -2.15. The second-order valence-electron chi connectivity index (χ2n) is 5.55. The van der Waals surface area contributed by atoms with Gasteiger partial charge in [-0.1, -0.05) is 35.9 Å². The van der Waals surface area contributed by atoms with Crippen molar-refractivity contribution in [3.63, 3.8) is 0 Å². The molecule has 0 spiro atoms. The van der Waals surface area contributed by atoms with E-state index >= 15 is 0 Å². The number of nitro benzene ring substituents is 1. The van der Waals surface area contributed by atoms with E-state index in [2.05, 4.69) is 0 Å². The molecular weight excluding hydrogens is 318 g/mol. The van der Waals surface area contributed by atoms with Crippen molar-refractivity contribution in [1.82, 2.24) is 0 Å². The molecule has 23 heavy (non-hydrogen) atoms. The van der Waals surface area contributed by atoms with E-state index in [0.717, 1.165) is 5.56 Å². The maximum Gasteiger partial charge on any atom is 0.316 e. The van der Waals surface area contributed by atoms with Crippen LogP contribution in [-0.2, 0) is 21.6 Å². The maximum absolute atomic E-state index is 12.4. The highest BCUT2D eigenvalue weighted by molar-refractivity contribution is 6.30. The number of carbonyl (C=O) groups excluding carboxylic acids is 1. The van der Waals surface area contributed by atoms with E-state index in [-0.39, 0.29) is 18.3 Å². The zero-order valence-corrected chi connectivity index (χ0v) is 13.0. The fraction of sp³-hybridized carbons (Fsp3) is 0.235. The number of hydrogen-bond acceptors (Lipinski definition) is 4. The molecule has 0 atom stereocenters. The van der Waals surface area contributed by atoms with Crippen LogP contribution in [0.3, 0.4) is 0 Å². The molecule has 0 amide bonds. The lowest BCUT2D eigenvalue weighted by atomic mass is 9.96. The average Bonchev–Trinajstić information content (AvgIpc) is 3.35. The SMILES string of the molecule is O=C(OCc1ccccc1[N+](=O)[O-])C1(c2ccc(Cl)cc2)CC1. The van der Waals surface area contributed by atoms with Gasteiger partial charge >= 0.3 is 5.97 Å². The molecule has 1 saturated carbocycles. The third-order valence-corrected chi connectivity index (χ3v) is 4.34. The number of nitro groups is 1. The topological polar surface area (TPSA) is 69.4 Å². The Morgan fingerprint density at radius 3 is 2.43 bits per heavy atom. The summed E-state index contributed by atoms with van der Waals surface area (Å²) in [6.07, 6.45) is 1.43. The number of rotatable bonds is 5. The monoisotopic (exact) mass is 331 g/mol. The van der Waals surface area contributed by atoms with Crippen LogP contribution in [0.4, 0.5) is 5.69 Å². The van der Waals surface area contributed by atoms with Gasteiger partial charge in [0.25, 0.3) is 5.69 Å². The number of halogens is 1. The van der Waals surface area contributed by atoms with Crippen LogP contribution < -0.4 is 0 Å². The van der Waals surface area contributed by atoms with Crippen molar-refractivity contribution in [2.45, 2.75) is 24.9 Å². The van der Waals surface area contributed by atoms with Crippen molar-refractivity contribution < 1.29 is 14.5 Å². The molecule has 6 heteroatoms. The summed E-state index contributed by atoms with van der Waals surface area (Å²) in [6.45, 7) is -0.106. The van der Waals surface area contributed by atoms with Crippen LogP contribution in [-0.4, -0.2) is 10.9 Å². The van der Waals surface area contributed by atoms with E-state index < -0.39 is 10.3 Å². The number of carbonyl (C=O) groups is 1. The summed E-state index contributed by atoms with van der Waals surface area (Å²) < 4.78 is 5.35. The summed E-state index contributed by atoms with van der Waals surface area (Å²) >= 11 is 5.87. The molecule has 0 N–H and O–H groups in total. The molecule has 1 aliphatic rings. The smallest absolute Gasteiger partial charge is 0.316 e. The second kappa shape index (κ2) is 6.01. The molecule has 2 aromatic rings. The largest absolute Gasteiger partial charge is 0.460 e. The van der Waals surface area contributed by atoms with Crippen molar-refractivity contribution in [2.75, 3.05) is 0 Å². The fourth-order valence-electron chi connectivity index (χ4n) is 2.60. The molecule has 0 unspecified atom stereocenters. The van der Waals surface area contributed by atoms with E-state index in [9.17, 15) is 14.9 Å². The first-order valence-corrected chi connectivity index (χ1v) is 7.56. The van der Waals surface area contributed by atoms with Crippen molar-refractivity contribution in [1.29, 1.82) is 0 Å². The Morgan fingerprint density at radius 2 is 1.83 bits per heavy atom. The number of hydrogen-bond donors (Lipinski definition) is 0. The van der Waals surface area contributed by atoms with E-state index in [1.807, 2.05) is 12.1 Å². The molecule has 0 heterocycles. The van der Waals surface area contributed by atoms with E-state index in [1.165, 1.54) is 6.07 Å². The molecule has 0 aromatic heterocycles. The normalized spacial score (nSPS) is 15.0. The first-order valence-electron chi connectivity index (χ1n) is 7.18. The Balaban J connectivity index is 1.73. The van der Waals surface area contributed by atoms with Gasteiger partial charge < -0.3 is 4.74 Å². The third-order valence-electron chi connectivity index (χ3n) is 4.08. The lowest BCUT2D eigenvalue weighted by Crippen LogP contribution is -2.23. The Hall–Kier alpha value is -2.40. The summed E-state index contributed by atoms with van der Waals surface area (Å²) in [5.41, 5.74) is 0.581. The predicted molar refractivity (Wildman–Crippen MR) is 85.3 cm³/mol. The fourth-order valence-corrected chi connectivity index (χ4v) is 2.72. The number of nitrogens with zero attached hydrogens (tertiary/aromatic N) is 1. The predicted octanol–water partition coefficient (Wildman–Crippen LogP) is 4.02. The number of esters is 1. The summed E-state index contributed by atoms with van der Waals surface area (Å²) in [7, 11) is 0. The quantitative estimate of drug-likeness (QED) is 0.471. The zero-order chi connectivity index (χ0) is 16.4. The highest BCUT2D eigenvalue weighted by Crippen LogP contribution is 2.49. The average molecular weight is 332 g/mol. The van der Waals surface area contributed by atoms with Crippen LogP contribution in [0.1, 0.15) is 24.0 Å². The molecule has 0 saturated heterocycles. The minimum atomic E-state index is -0.631. The summed E-state index contributed by atoms with van der Waals surface area (Å²) in [4.78, 5) is 22.9. The minimum absolute atomic E-state index is 0.0448. The van der Waals surface area contributed by atoms with Crippen molar-refractivity contribution in [3.8, 4) is 0 Å². The van der Waals surface area contributed by atoms with Gasteiger partial charge in [0, 0.05) is 11.1 Å². The van der Waals surface area contributed by atoms with Gasteiger partial charge in [-0.15, -0.1) is 0 Å². The van der Waals surface area contributed by atoms with Gasteiger partial charge in [0.2, 0.25) is 0 Å². The Bertz CT molecular complexity index is 753. The molecule has 5 nitrogen and oxygen atoms in total.